The predicted molar refractivity (Wildman–Crippen MR) is 274 cm³/mol. The summed E-state index contributed by atoms with van der Waals surface area (Å²) in [5, 5.41) is 21.2. The van der Waals surface area contributed by atoms with Crippen molar-refractivity contribution in [1.29, 1.82) is 5.26 Å². The van der Waals surface area contributed by atoms with Gasteiger partial charge in [0.05, 0.1) is 58.5 Å². The van der Waals surface area contributed by atoms with Gasteiger partial charge in [0.25, 0.3) is 0 Å². The standard InChI is InChI=1S/C30H29ClN6O3.C23H25N3O4/c1-4-39-28-16-25-23(15-26(28)36-29(38)9-7-13-37(2)3)30(20(17-32)18-34-25)35-21-10-11-27(24(31)14-21)40-19-22-8-5-6-12-33-22;1-4-6-17-7-5-8-18(13-17)26-23-19-14-21(29-11-9-27-2)22(30-12-10-28-3)15-20(19)24-16-25-23/h5-12,14-16,18H,4,13,19H2,1-3H3,(H,34,35)(H,36,38);5,7-8,13-16H,9-12H2,1-3H3,(H,24,25,26)/b9-7+;. The van der Waals surface area contributed by atoms with Gasteiger partial charge in [-0.15, -0.1) is 5.92 Å². The second-order valence-electron chi connectivity index (χ2n) is 15.3. The number of halogens is 1. The molecule has 3 N–H and O–H groups in total. The van der Waals surface area contributed by atoms with E-state index >= 15 is 0 Å². The molecule has 0 atom stereocenters. The number of likely N-dealkylation sites (N-methyl/N-ethyl adjacent to an activating group) is 1. The van der Waals surface area contributed by atoms with Crippen LogP contribution < -0.4 is 34.9 Å². The highest BCUT2D eigenvalue weighted by molar-refractivity contribution is 6.32. The molecule has 0 radical (unpaired) electrons. The number of methoxy groups -OCH3 is 2. The molecule has 0 spiro atoms. The molecule has 17 heteroatoms. The predicted octanol–water partition coefficient (Wildman–Crippen LogP) is 9.73. The third-order valence-corrected chi connectivity index (χ3v) is 10.2. The van der Waals surface area contributed by atoms with Crippen LogP contribution in [-0.2, 0) is 20.9 Å². The summed E-state index contributed by atoms with van der Waals surface area (Å²) in [5.74, 6) is 8.52. The fraction of sp³-hybridized carbons (Fsp3) is 0.245. The number of benzene rings is 4. The van der Waals surface area contributed by atoms with Crippen molar-refractivity contribution in [3.8, 4) is 40.9 Å². The van der Waals surface area contributed by atoms with E-state index in [0.717, 1.165) is 27.8 Å². The van der Waals surface area contributed by atoms with E-state index < -0.39 is 0 Å². The van der Waals surface area contributed by atoms with Crippen LogP contribution in [0.4, 0.5) is 28.6 Å². The van der Waals surface area contributed by atoms with E-state index in [1.54, 1.807) is 56.8 Å². The number of anilines is 5. The molecule has 3 heterocycles. The average molecular weight is 965 g/mol. The summed E-state index contributed by atoms with van der Waals surface area (Å²) in [5.41, 5.74) is 5.88. The summed E-state index contributed by atoms with van der Waals surface area (Å²) < 4.78 is 33.5. The van der Waals surface area contributed by atoms with Gasteiger partial charge in [-0.1, -0.05) is 35.7 Å². The second-order valence-corrected chi connectivity index (χ2v) is 15.7. The number of carbonyl (C=O) groups excluding carboxylic acids is 1. The number of nitriles is 1. The number of aromatic nitrogens is 4. The zero-order valence-electron chi connectivity index (χ0n) is 39.8. The van der Waals surface area contributed by atoms with Crippen LogP contribution in [0.3, 0.4) is 0 Å². The molecule has 0 fully saturated rings. The van der Waals surface area contributed by atoms with Gasteiger partial charge >= 0.3 is 0 Å². The lowest BCUT2D eigenvalue weighted by molar-refractivity contribution is -0.111. The molecule has 0 unspecified atom stereocenters. The number of rotatable bonds is 21. The molecular formula is C53H54ClN9O7. The van der Waals surface area contributed by atoms with Crippen molar-refractivity contribution in [1.82, 2.24) is 24.8 Å². The van der Waals surface area contributed by atoms with E-state index in [2.05, 4.69) is 53.8 Å². The maximum Gasteiger partial charge on any atom is 0.248 e. The first-order valence-corrected chi connectivity index (χ1v) is 22.5. The third kappa shape index (κ3) is 14.8. The molecule has 70 heavy (non-hydrogen) atoms. The number of fused-ring (bicyclic) bond motifs is 2. The Hall–Kier alpha value is -7.99. The van der Waals surface area contributed by atoms with Gasteiger partial charge in [-0.05, 0) is 88.6 Å². The van der Waals surface area contributed by atoms with Crippen molar-refractivity contribution in [3.05, 3.63) is 138 Å². The minimum atomic E-state index is -0.297. The monoisotopic (exact) mass is 963 g/mol. The Kier molecular flexibility index (Phi) is 19.5. The summed E-state index contributed by atoms with van der Waals surface area (Å²) >= 11 is 6.52. The molecule has 0 aliphatic heterocycles. The summed E-state index contributed by atoms with van der Waals surface area (Å²) in [6.07, 6.45) is 7.96. The molecule has 0 saturated carbocycles. The largest absolute Gasteiger partial charge is 0.492 e. The zero-order valence-corrected chi connectivity index (χ0v) is 40.6. The lowest BCUT2D eigenvalue weighted by atomic mass is 10.1. The Morgan fingerprint density at radius 3 is 2.23 bits per heavy atom. The van der Waals surface area contributed by atoms with Crippen molar-refractivity contribution in [3.63, 3.8) is 0 Å². The minimum Gasteiger partial charge on any atom is -0.492 e. The van der Waals surface area contributed by atoms with Crippen LogP contribution in [-0.4, -0.2) is 98.6 Å². The smallest absolute Gasteiger partial charge is 0.248 e. The Bertz CT molecular complexity index is 3010. The van der Waals surface area contributed by atoms with Crippen LogP contribution in [0.2, 0.25) is 5.02 Å². The van der Waals surface area contributed by atoms with Crippen LogP contribution in [0.1, 0.15) is 30.7 Å². The lowest BCUT2D eigenvalue weighted by Crippen LogP contribution is -2.13. The fourth-order valence-electron chi connectivity index (χ4n) is 6.65. The number of hydrogen-bond donors (Lipinski definition) is 3. The molecule has 0 saturated heterocycles. The number of ether oxygens (including phenoxy) is 6. The summed E-state index contributed by atoms with van der Waals surface area (Å²) in [6, 6.07) is 28.1. The SMILES string of the molecule is CC#Cc1cccc(Nc2ncnc3cc(OCCOC)c(OCCOC)cc23)c1.CCOc1cc2ncc(C#N)c(Nc3ccc(OCc4ccccn4)c(Cl)c3)c2cc1NC(=O)/C=C/CN(C)C. The van der Waals surface area contributed by atoms with E-state index in [9.17, 15) is 10.1 Å². The Morgan fingerprint density at radius 2 is 1.53 bits per heavy atom. The van der Waals surface area contributed by atoms with Crippen LogP contribution in [0.5, 0.6) is 23.0 Å². The van der Waals surface area contributed by atoms with Crippen molar-refractivity contribution in [2.24, 2.45) is 0 Å². The number of pyridine rings is 2. The van der Waals surface area contributed by atoms with Gasteiger partial charge < -0.3 is 49.3 Å². The topological polar surface area (TPSA) is 187 Å². The quantitative estimate of drug-likeness (QED) is 0.0351. The van der Waals surface area contributed by atoms with E-state index in [1.807, 2.05) is 87.4 Å². The van der Waals surface area contributed by atoms with Crippen LogP contribution in [0.25, 0.3) is 21.8 Å². The Balaban J connectivity index is 0.000000239. The van der Waals surface area contributed by atoms with Gasteiger partial charge in [0.1, 0.15) is 49.5 Å². The first-order valence-electron chi connectivity index (χ1n) is 22.2. The van der Waals surface area contributed by atoms with E-state index in [0.29, 0.717) is 107 Å². The van der Waals surface area contributed by atoms with Gasteiger partial charge in [0.15, 0.2) is 11.5 Å². The van der Waals surface area contributed by atoms with Gasteiger partial charge in [0, 0.05) is 79.1 Å². The maximum atomic E-state index is 12.6. The highest BCUT2D eigenvalue weighted by atomic mass is 35.5. The van der Waals surface area contributed by atoms with Gasteiger partial charge in [0.2, 0.25) is 5.91 Å². The Morgan fingerprint density at radius 1 is 0.771 bits per heavy atom. The lowest BCUT2D eigenvalue weighted by Gasteiger charge is -2.16. The van der Waals surface area contributed by atoms with Crippen molar-refractivity contribution < 1.29 is 33.2 Å². The number of amides is 1. The minimum absolute atomic E-state index is 0.280. The van der Waals surface area contributed by atoms with E-state index in [4.69, 9.17) is 40.0 Å². The molecular weight excluding hydrogens is 910 g/mol. The highest BCUT2D eigenvalue weighted by Gasteiger charge is 2.17. The maximum absolute atomic E-state index is 12.6. The molecule has 7 aromatic rings. The zero-order chi connectivity index (χ0) is 49.7. The molecule has 4 aromatic carbocycles. The number of nitrogens with zero attached hydrogens (tertiary/aromatic N) is 6. The summed E-state index contributed by atoms with van der Waals surface area (Å²) in [6.45, 7) is 6.74. The van der Waals surface area contributed by atoms with Crippen LogP contribution in [0.15, 0.2) is 116 Å². The van der Waals surface area contributed by atoms with Crippen LogP contribution >= 0.6 is 11.6 Å². The molecule has 1 amide bonds. The van der Waals surface area contributed by atoms with Crippen LogP contribution in [0, 0.1) is 23.2 Å². The third-order valence-electron chi connectivity index (χ3n) is 9.88. The van der Waals surface area contributed by atoms with E-state index in [1.165, 1.54) is 18.6 Å². The normalized spacial score (nSPS) is 10.7. The van der Waals surface area contributed by atoms with Crippen molar-refractivity contribution >= 4 is 67.9 Å². The molecule has 0 aliphatic rings. The first-order chi connectivity index (χ1) is 34.1. The highest BCUT2D eigenvalue weighted by Crippen LogP contribution is 2.38. The van der Waals surface area contributed by atoms with Gasteiger partial charge in [-0.3, -0.25) is 14.8 Å². The summed E-state index contributed by atoms with van der Waals surface area (Å²) in [4.78, 5) is 32.1. The summed E-state index contributed by atoms with van der Waals surface area (Å²) in [7, 11) is 7.10. The van der Waals surface area contributed by atoms with Crippen molar-refractivity contribution in [2.45, 2.75) is 20.5 Å². The molecule has 16 nitrogen and oxygen atoms in total. The van der Waals surface area contributed by atoms with E-state index in [-0.39, 0.29) is 12.5 Å². The molecule has 360 valence electrons. The average Bonchev–Trinajstić information content (AvgIpc) is 3.35. The van der Waals surface area contributed by atoms with Gasteiger partial charge in [-0.25, -0.2) is 9.97 Å². The number of nitrogens with one attached hydrogen (secondary N) is 3. The van der Waals surface area contributed by atoms with Crippen molar-refractivity contribution in [2.75, 3.05) is 83.8 Å². The fourth-order valence-corrected chi connectivity index (χ4v) is 6.88. The molecule has 3 aromatic heterocycles. The molecule has 7 rings (SSSR count). The second kappa shape index (κ2) is 26.5. The Labute approximate surface area is 412 Å². The number of carbonyl (C=O) groups is 1. The van der Waals surface area contributed by atoms with Gasteiger partial charge in [-0.2, -0.15) is 5.26 Å². The molecule has 0 aliphatic carbocycles. The first kappa shape index (κ1) is 51.4. The number of hydrogen-bond acceptors (Lipinski definition) is 15. The molecule has 0 bridgehead atoms.